The first kappa shape index (κ1) is 11.8. The maximum atomic E-state index is 4.46. The van der Waals surface area contributed by atoms with Gasteiger partial charge in [-0.3, -0.25) is 0 Å². The van der Waals surface area contributed by atoms with E-state index in [1.165, 1.54) is 4.88 Å². The van der Waals surface area contributed by atoms with Crippen LogP contribution in [-0.2, 0) is 0 Å². The van der Waals surface area contributed by atoms with Gasteiger partial charge < -0.3 is 5.32 Å². The molecule has 16 heavy (non-hydrogen) atoms. The Morgan fingerprint density at radius 1 is 1.38 bits per heavy atom. The van der Waals surface area contributed by atoms with Crippen LogP contribution in [0, 0.1) is 0 Å². The number of aromatic nitrogens is 1. The zero-order valence-electron chi connectivity index (χ0n) is 9.20. The third-order valence-corrected chi connectivity index (χ3v) is 4.39. The van der Waals surface area contributed by atoms with Gasteiger partial charge in [-0.25, -0.2) is 4.98 Å². The Morgan fingerprint density at radius 3 is 2.81 bits per heavy atom. The van der Waals surface area contributed by atoms with Gasteiger partial charge >= 0.3 is 0 Å². The molecule has 1 atom stereocenters. The molecule has 0 aliphatic rings. The SMILES string of the molecule is CNC(C)c1cnc(-c2ccccc2Br)s1. The lowest BCUT2D eigenvalue weighted by Crippen LogP contribution is -2.10. The van der Waals surface area contributed by atoms with Crippen LogP contribution in [0.1, 0.15) is 17.8 Å². The van der Waals surface area contributed by atoms with Gasteiger partial charge in [0.1, 0.15) is 5.01 Å². The van der Waals surface area contributed by atoms with Gasteiger partial charge in [-0.2, -0.15) is 0 Å². The molecule has 1 heterocycles. The number of rotatable bonds is 3. The second-order valence-corrected chi connectivity index (χ2v) is 5.47. The minimum absolute atomic E-state index is 0.355. The Bertz CT molecular complexity index is 481. The fourth-order valence-electron chi connectivity index (χ4n) is 1.39. The van der Waals surface area contributed by atoms with E-state index in [-0.39, 0.29) is 0 Å². The van der Waals surface area contributed by atoms with Gasteiger partial charge in [0.2, 0.25) is 0 Å². The van der Waals surface area contributed by atoms with Crippen LogP contribution in [0.4, 0.5) is 0 Å². The summed E-state index contributed by atoms with van der Waals surface area (Å²) >= 11 is 5.28. The summed E-state index contributed by atoms with van der Waals surface area (Å²) in [5, 5.41) is 4.28. The highest BCUT2D eigenvalue weighted by atomic mass is 79.9. The smallest absolute Gasteiger partial charge is 0.124 e. The van der Waals surface area contributed by atoms with E-state index in [9.17, 15) is 0 Å². The van der Waals surface area contributed by atoms with Gasteiger partial charge in [-0.15, -0.1) is 11.3 Å². The van der Waals surface area contributed by atoms with Crippen LogP contribution in [0.25, 0.3) is 10.6 Å². The number of nitrogens with one attached hydrogen (secondary N) is 1. The summed E-state index contributed by atoms with van der Waals surface area (Å²) in [5.41, 5.74) is 1.15. The zero-order chi connectivity index (χ0) is 11.5. The lowest BCUT2D eigenvalue weighted by Gasteiger charge is -2.05. The maximum absolute atomic E-state index is 4.46. The summed E-state index contributed by atoms with van der Waals surface area (Å²) in [4.78, 5) is 5.72. The maximum Gasteiger partial charge on any atom is 0.124 e. The third kappa shape index (κ3) is 2.34. The van der Waals surface area contributed by atoms with Gasteiger partial charge in [0.15, 0.2) is 0 Å². The number of hydrogen-bond donors (Lipinski definition) is 1. The molecule has 0 aliphatic heterocycles. The number of benzene rings is 1. The van der Waals surface area contributed by atoms with E-state index < -0.39 is 0 Å². The molecule has 84 valence electrons. The topological polar surface area (TPSA) is 24.9 Å². The first-order valence-corrected chi connectivity index (χ1v) is 6.71. The van der Waals surface area contributed by atoms with Crippen molar-refractivity contribution in [1.82, 2.24) is 10.3 Å². The molecule has 1 aromatic heterocycles. The summed E-state index contributed by atoms with van der Waals surface area (Å²) < 4.78 is 1.09. The van der Waals surface area contributed by atoms with Crippen molar-refractivity contribution in [2.45, 2.75) is 13.0 Å². The molecule has 0 aliphatic carbocycles. The standard InChI is InChI=1S/C12H13BrN2S/c1-8(14-2)11-7-15-12(16-11)9-5-3-4-6-10(9)13/h3-8,14H,1-2H3. The number of nitrogens with zero attached hydrogens (tertiary/aromatic N) is 1. The van der Waals surface area contributed by atoms with Crippen molar-refractivity contribution in [3.8, 4) is 10.6 Å². The Labute approximate surface area is 108 Å². The van der Waals surface area contributed by atoms with Crippen molar-refractivity contribution in [1.29, 1.82) is 0 Å². The van der Waals surface area contributed by atoms with Crippen LogP contribution < -0.4 is 5.32 Å². The van der Waals surface area contributed by atoms with Gasteiger partial charge in [0.25, 0.3) is 0 Å². The predicted molar refractivity (Wildman–Crippen MR) is 72.7 cm³/mol. The summed E-state index contributed by atoms with van der Waals surface area (Å²) in [6.07, 6.45) is 1.95. The highest BCUT2D eigenvalue weighted by molar-refractivity contribution is 9.10. The van der Waals surface area contributed by atoms with E-state index in [1.54, 1.807) is 11.3 Å². The van der Waals surface area contributed by atoms with Gasteiger partial charge in [0, 0.05) is 27.2 Å². The third-order valence-electron chi connectivity index (χ3n) is 2.49. The van der Waals surface area contributed by atoms with E-state index >= 15 is 0 Å². The molecule has 0 saturated carbocycles. The van der Waals surface area contributed by atoms with Gasteiger partial charge in [0.05, 0.1) is 0 Å². The largest absolute Gasteiger partial charge is 0.312 e. The molecule has 1 unspecified atom stereocenters. The summed E-state index contributed by atoms with van der Waals surface area (Å²) in [6, 6.07) is 8.52. The first-order valence-electron chi connectivity index (χ1n) is 5.10. The van der Waals surface area contributed by atoms with Crippen molar-refractivity contribution in [2.24, 2.45) is 0 Å². The molecule has 0 amide bonds. The fourth-order valence-corrected chi connectivity index (χ4v) is 3.01. The molecule has 4 heteroatoms. The van der Waals surface area contributed by atoms with Crippen molar-refractivity contribution >= 4 is 27.3 Å². The lowest BCUT2D eigenvalue weighted by molar-refractivity contribution is 0.662. The Hall–Kier alpha value is -0.710. The molecule has 0 saturated heterocycles. The molecule has 0 bridgehead atoms. The highest BCUT2D eigenvalue weighted by Gasteiger charge is 2.10. The number of hydrogen-bond acceptors (Lipinski definition) is 3. The normalized spacial score (nSPS) is 12.7. The summed E-state index contributed by atoms with van der Waals surface area (Å²) in [6.45, 7) is 2.14. The molecular weight excluding hydrogens is 284 g/mol. The quantitative estimate of drug-likeness (QED) is 0.930. The first-order chi connectivity index (χ1) is 7.72. The van der Waals surface area contributed by atoms with Crippen molar-refractivity contribution in [3.05, 3.63) is 39.8 Å². The summed E-state index contributed by atoms with van der Waals surface area (Å²) in [5.74, 6) is 0. The molecular formula is C12H13BrN2S. The molecule has 2 aromatic rings. The molecule has 0 spiro atoms. The number of thiazole rings is 1. The minimum atomic E-state index is 0.355. The Balaban J connectivity index is 2.35. The monoisotopic (exact) mass is 296 g/mol. The van der Waals surface area contributed by atoms with Gasteiger partial charge in [-0.1, -0.05) is 34.1 Å². The minimum Gasteiger partial charge on any atom is -0.312 e. The zero-order valence-corrected chi connectivity index (χ0v) is 11.6. The molecule has 0 radical (unpaired) electrons. The van der Waals surface area contributed by atoms with E-state index in [0.717, 1.165) is 15.0 Å². The highest BCUT2D eigenvalue weighted by Crippen LogP contribution is 2.32. The van der Waals surface area contributed by atoms with Crippen molar-refractivity contribution in [2.75, 3.05) is 7.05 Å². The van der Waals surface area contributed by atoms with E-state index in [4.69, 9.17) is 0 Å². The van der Waals surface area contributed by atoms with E-state index in [0.29, 0.717) is 6.04 Å². The van der Waals surface area contributed by atoms with E-state index in [2.05, 4.69) is 39.2 Å². The van der Waals surface area contributed by atoms with Crippen LogP contribution in [0.15, 0.2) is 34.9 Å². The second-order valence-electron chi connectivity index (χ2n) is 3.56. The van der Waals surface area contributed by atoms with Crippen LogP contribution >= 0.6 is 27.3 Å². The molecule has 2 nitrogen and oxygen atoms in total. The second kappa shape index (κ2) is 5.08. The molecule has 1 aromatic carbocycles. The summed E-state index contributed by atoms with van der Waals surface area (Å²) in [7, 11) is 1.96. The molecule has 0 fully saturated rings. The Kier molecular flexibility index (Phi) is 3.74. The fraction of sp³-hybridized carbons (Fsp3) is 0.250. The van der Waals surface area contributed by atoms with E-state index in [1.807, 2.05) is 31.4 Å². The molecule has 1 N–H and O–H groups in total. The van der Waals surface area contributed by atoms with Crippen molar-refractivity contribution in [3.63, 3.8) is 0 Å². The average molecular weight is 297 g/mol. The van der Waals surface area contributed by atoms with Crippen LogP contribution in [0.2, 0.25) is 0 Å². The van der Waals surface area contributed by atoms with Crippen LogP contribution in [0.3, 0.4) is 0 Å². The number of halogens is 1. The van der Waals surface area contributed by atoms with Crippen molar-refractivity contribution < 1.29 is 0 Å². The van der Waals surface area contributed by atoms with Gasteiger partial charge in [-0.05, 0) is 20.0 Å². The Morgan fingerprint density at radius 2 is 2.12 bits per heavy atom. The lowest BCUT2D eigenvalue weighted by atomic mass is 10.2. The van der Waals surface area contributed by atoms with Crippen LogP contribution in [-0.4, -0.2) is 12.0 Å². The average Bonchev–Trinajstić information content (AvgIpc) is 2.78. The molecule has 2 rings (SSSR count). The van der Waals surface area contributed by atoms with Crippen LogP contribution in [0.5, 0.6) is 0 Å². The predicted octanol–water partition coefficient (Wildman–Crippen LogP) is 3.85.